The molecule has 1 N–H and O–H groups in total. The molecule has 1 rings (SSSR count). The van der Waals surface area contributed by atoms with E-state index in [4.69, 9.17) is 0 Å². The van der Waals surface area contributed by atoms with Crippen molar-refractivity contribution in [2.75, 3.05) is 20.1 Å². The first kappa shape index (κ1) is 18.0. The van der Waals surface area contributed by atoms with Gasteiger partial charge in [0.2, 0.25) is 11.8 Å². The molecule has 1 aliphatic rings. The highest BCUT2D eigenvalue weighted by Gasteiger charge is 2.29. The Balaban J connectivity index is 2.48. The Kier molecular flexibility index (Phi) is 6.20. The van der Waals surface area contributed by atoms with Crippen molar-refractivity contribution in [3.63, 3.8) is 0 Å². The molecule has 0 unspecified atom stereocenters. The lowest BCUT2D eigenvalue weighted by atomic mass is 9.97. The van der Waals surface area contributed by atoms with Crippen molar-refractivity contribution in [2.24, 2.45) is 0 Å². The molecule has 1 saturated heterocycles. The first-order valence-electron chi connectivity index (χ1n) is 7.91. The Labute approximate surface area is 129 Å². The summed E-state index contributed by atoms with van der Waals surface area (Å²) in [5.74, 6) is 0.0818. The van der Waals surface area contributed by atoms with Crippen molar-refractivity contribution in [2.45, 2.75) is 71.5 Å². The summed E-state index contributed by atoms with van der Waals surface area (Å²) in [5, 5.41) is 2.91. The van der Waals surface area contributed by atoms with Gasteiger partial charge in [0.05, 0.1) is 13.1 Å². The van der Waals surface area contributed by atoms with E-state index >= 15 is 0 Å². The van der Waals surface area contributed by atoms with Gasteiger partial charge in [0, 0.05) is 17.6 Å². The van der Waals surface area contributed by atoms with Crippen LogP contribution in [-0.2, 0) is 9.59 Å². The van der Waals surface area contributed by atoms with Gasteiger partial charge in [0.1, 0.15) is 0 Å². The lowest BCUT2D eigenvalue weighted by Crippen LogP contribution is -2.52. The van der Waals surface area contributed by atoms with Crippen molar-refractivity contribution in [3.8, 4) is 0 Å². The molecule has 1 fully saturated rings. The molecule has 0 spiro atoms. The summed E-state index contributed by atoms with van der Waals surface area (Å²) in [7, 11) is 1.82. The molecule has 5 heteroatoms. The lowest BCUT2D eigenvalue weighted by Gasteiger charge is -2.39. The number of amides is 2. The standard InChI is InChI=1S/C16H31N3O2/c1-12-8-7-9-13(2)19(12)15(21)11-18(6)10-14(20)17-16(3,4)5/h12-13H,7-11H2,1-6H3,(H,17,20)/t12-,13-/m1/s1. The summed E-state index contributed by atoms with van der Waals surface area (Å²) in [6.45, 7) is 10.6. The maximum absolute atomic E-state index is 12.4. The van der Waals surface area contributed by atoms with Crippen LogP contribution in [0, 0.1) is 0 Å². The average molecular weight is 297 g/mol. The van der Waals surface area contributed by atoms with E-state index in [0.717, 1.165) is 12.8 Å². The molecule has 1 aliphatic heterocycles. The maximum Gasteiger partial charge on any atom is 0.237 e. The highest BCUT2D eigenvalue weighted by Crippen LogP contribution is 2.22. The van der Waals surface area contributed by atoms with Crippen LogP contribution >= 0.6 is 0 Å². The van der Waals surface area contributed by atoms with E-state index < -0.39 is 0 Å². The van der Waals surface area contributed by atoms with Gasteiger partial charge < -0.3 is 10.2 Å². The second-order valence-electron chi connectivity index (χ2n) is 7.40. The summed E-state index contributed by atoms with van der Waals surface area (Å²) in [6, 6.07) is 0.608. The minimum absolute atomic E-state index is 0.0439. The van der Waals surface area contributed by atoms with Gasteiger partial charge >= 0.3 is 0 Å². The van der Waals surface area contributed by atoms with Crippen LogP contribution in [0.1, 0.15) is 53.9 Å². The summed E-state index contributed by atoms with van der Waals surface area (Å²) >= 11 is 0. The molecule has 2 atom stereocenters. The number of nitrogens with zero attached hydrogens (tertiary/aromatic N) is 2. The van der Waals surface area contributed by atoms with Crippen LogP contribution in [0.5, 0.6) is 0 Å². The third-order valence-corrected chi connectivity index (χ3v) is 3.81. The van der Waals surface area contributed by atoms with E-state index in [9.17, 15) is 9.59 Å². The molecule has 5 nitrogen and oxygen atoms in total. The van der Waals surface area contributed by atoms with E-state index in [0.29, 0.717) is 18.6 Å². The molecule has 0 aromatic carbocycles. The van der Waals surface area contributed by atoms with Crippen LogP contribution in [0.2, 0.25) is 0 Å². The quantitative estimate of drug-likeness (QED) is 0.858. The van der Waals surface area contributed by atoms with Crippen molar-refractivity contribution >= 4 is 11.8 Å². The third-order valence-electron chi connectivity index (χ3n) is 3.81. The average Bonchev–Trinajstić information content (AvgIpc) is 2.24. The minimum Gasteiger partial charge on any atom is -0.350 e. The number of piperidine rings is 1. The Morgan fingerprint density at radius 3 is 2.14 bits per heavy atom. The molecule has 0 bridgehead atoms. The van der Waals surface area contributed by atoms with Crippen LogP contribution in [0.3, 0.4) is 0 Å². The molecule has 2 amide bonds. The van der Waals surface area contributed by atoms with Gasteiger partial charge in [-0.3, -0.25) is 14.5 Å². The minimum atomic E-state index is -0.238. The number of carbonyl (C=O) groups excluding carboxylic acids is 2. The van der Waals surface area contributed by atoms with Crippen molar-refractivity contribution < 1.29 is 9.59 Å². The van der Waals surface area contributed by atoms with Crippen LogP contribution in [0.4, 0.5) is 0 Å². The highest BCUT2D eigenvalue weighted by atomic mass is 16.2. The van der Waals surface area contributed by atoms with Crippen molar-refractivity contribution in [3.05, 3.63) is 0 Å². The zero-order valence-electron chi connectivity index (χ0n) is 14.4. The SMILES string of the molecule is C[C@@H]1CCC[C@@H](C)N1C(=O)CN(C)CC(=O)NC(C)(C)C. The normalized spacial score (nSPS) is 23.3. The number of likely N-dealkylation sites (N-methyl/N-ethyl adjacent to an activating group) is 1. The smallest absolute Gasteiger partial charge is 0.237 e. The van der Waals surface area contributed by atoms with E-state index in [1.807, 2.05) is 32.7 Å². The largest absolute Gasteiger partial charge is 0.350 e. The van der Waals surface area contributed by atoms with Gasteiger partial charge in [-0.1, -0.05) is 0 Å². The predicted octanol–water partition coefficient (Wildman–Crippen LogP) is 1.62. The summed E-state index contributed by atoms with van der Waals surface area (Å²) in [6.07, 6.45) is 3.34. The fourth-order valence-electron chi connectivity index (χ4n) is 2.98. The van der Waals surface area contributed by atoms with Gasteiger partial charge in [-0.05, 0) is 60.9 Å². The number of carbonyl (C=O) groups is 2. The second-order valence-corrected chi connectivity index (χ2v) is 7.40. The van der Waals surface area contributed by atoms with Crippen molar-refractivity contribution in [1.82, 2.24) is 15.1 Å². The molecule has 122 valence electrons. The molecule has 0 radical (unpaired) electrons. The topological polar surface area (TPSA) is 52.7 Å². The molecule has 0 aromatic heterocycles. The lowest BCUT2D eigenvalue weighted by molar-refractivity contribution is -0.138. The zero-order chi connectivity index (χ0) is 16.2. The number of nitrogens with one attached hydrogen (secondary N) is 1. The van der Waals surface area contributed by atoms with E-state index in [-0.39, 0.29) is 23.9 Å². The fourth-order valence-corrected chi connectivity index (χ4v) is 2.98. The van der Waals surface area contributed by atoms with E-state index in [2.05, 4.69) is 19.2 Å². The fraction of sp³-hybridized carbons (Fsp3) is 0.875. The van der Waals surface area contributed by atoms with Crippen molar-refractivity contribution in [1.29, 1.82) is 0 Å². The molecular formula is C16H31N3O2. The maximum atomic E-state index is 12.4. The van der Waals surface area contributed by atoms with Gasteiger partial charge in [-0.25, -0.2) is 0 Å². The monoisotopic (exact) mass is 297 g/mol. The van der Waals surface area contributed by atoms with E-state index in [1.165, 1.54) is 6.42 Å². The Morgan fingerprint density at radius 2 is 1.67 bits per heavy atom. The van der Waals surface area contributed by atoms with Gasteiger partial charge in [0.25, 0.3) is 0 Å². The molecule has 0 aromatic rings. The van der Waals surface area contributed by atoms with Gasteiger partial charge in [-0.2, -0.15) is 0 Å². The molecule has 0 aliphatic carbocycles. The number of hydrogen-bond donors (Lipinski definition) is 1. The molecule has 1 heterocycles. The first-order valence-corrected chi connectivity index (χ1v) is 7.91. The predicted molar refractivity (Wildman–Crippen MR) is 85.0 cm³/mol. The van der Waals surface area contributed by atoms with Gasteiger partial charge in [-0.15, -0.1) is 0 Å². The number of likely N-dealkylation sites (tertiary alicyclic amines) is 1. The second kappa shape index (κ2) is 7.25. The first-order chi connectivity index (χ1) is 9.60. The molecular weight excluding hydrogens is 266 g/mol. The van der Waals surface area contributed by atoms with Crippen LogP contribution in [-0.4, -0.2) is 59.4 Å². The number of hydrogen-bond acceptors (Lipinski definition) is 3. The summed E-state index contributed by atoms with van der Waals surface area (Å²) in [4.78, 5) is 28.1. The van der Waals surface area contributed by atoms with Crippen LogP contribution in [0.25, 0.3) is 0 Å². The third kappa shape index (κ3) is 6.04. The van der Waals surface area contributed by atoms with Crippen LogP contribution in [0.15, 0.2) is 0 Å². The Bertz CT molecular complexity index is 366. The van der Waals surface area contributed by atoms with Gasteiger partial charge in [0.15, 0.2) is 0 Å². The molecule has 21 heavy (non-hydrogen) atoms. The zero-order valence-corrected chi connectivity index (χ0v) is 14.4. The summed E-state index contributed by atoms with van der Waals surface area (Å²) in [5.41, 5.74) is -0.238. The summed E-state index contributed by atoms with van der Waals surface area (Å²) < 4.78 is 0. The highest BCUT2D eigenvalue weighted by molar-refractivity contribution is 5.81. The number of rotatable bonds is 4. The Morgan fingerprint density at radius 1 is 1.14 bits per heavy atom. The molecule has 0 saturated carbocycles. The van der Waals surface area contributed by atoms with E-state index in [1.54, 1.807) is 4.90 Å². The van der Waals surface area contributed by atoms with Crippen LogP contribution < -0.4 is 5.32 Å². The Hall–Kier alpha value is -1.10.